The quantitative estimate of drug-likeness (QED) is 0.729. The Balaban J connectivity index is 2.51. The Kier molecular flexibility index (Phi) is 4.90. The molecule has 4 nitrogen and oxygen atoms in total. The molecule has 15 heavy (non-hydrogen) atoms. The average molecular weight is 212 g/mol. The molecule has 0 unspecified atom stereocenters. The minimum absolute atomic E-state index is 0.211. The summed E-state index contributed by atoms with van der Waals surface area (Å²) in [6.45, 7) is 2.35. The standard InChI is InChI=1S/C11H16O4/c1-2-3-4-5-14-11-8-15-9(7-12)6-10(11)13/h6,8,12H,2-5,7H2,1H3. The summed E-state index contributed by atoms with van der Waals surface area (Å²) in [5.74, 6) is 0.462. The second kappa shape index (κ2) is 6.24. The van der Waals surface area contributed by atoms with E-state index in [1.54, 1.807) is 0 Å². The van der Waals surface area contributed by atoms with E-state index in [-0.39, 0.29) is 23.5 Å². The van der Waals surface area contributed by atoms with E-state index in [2.05, 4.69) is 6.92 Å². The summed E-state index contributed by atoms with van der Waals surface area (Å²) in [4.78, 5) is 11.4. The van der Waals surface area contributed by atoms with Crippen LogP contribution in [-0.4, -0.2) is 11.7 Å². The highest BCUT2D eigenvalue weighted by atomic mass is 16.5. The third-order valence-electron chi connectivity index (χ3n) is 2.01. The molecule has 1 heterocycles. The van der Waals surface area contributed by atoms with Crippen molar-refractivity contribution in [2.45, 2.75) is 32.8 Å². The number of unbranched alkanes of at least 4 members (excludes halogenated alkanes) is 2. The summed E-state index contributed by atoms with van der Waals surface area (Å²) in [6.07, 6.45) is 4.37. The van der Waals surface area contributed by atoms with Crippen LogP contribution in [0, 0.1) is 0 Å². The second-order valence-corrected chi connectivity index (χ2v) is 3.29. The summed E-state index contributed by atoms with van der Waals surface area (Å²) >= 11 is 0. The van der Waals surface area contributed by atoms with Gasteiger partial charge in [0.2, 0.25) is 11.2 Å². The van der Waals surface area contributed by atoms with Crippen LogP contribution in [0.5, 0.6) is 5.75 Å². The van der Waals surface area contributed by atoms with Gasteiger partial charge in [-0.25, -0.2) is 0 Å². The first-order valence-corrected chi connectivity index (χ1v) is 5.13. The van der Waals surface area contributed by atoms with Gasteiger partial charge in [0.05, 0.1) is 6.61 Å². The van der Waals surface area contributed by atoms with Gasteiger partial charge in [0.15, 0.2) is 0 Å². The monoisotopic (exact) mass is 212 g/mol. The molecule has 1 aromatic rings. The van der Waals surface area contributed by atoms with Crippen molar-refractivity contribution in [3.05, 3.63) is 28.3 Å². The lowest BCUT2D eigenvalue weighted by Crippen LogP contribution is -2.08. The predicted molar refractivity (Wildman–Crippen MR) is 55.9 cm³/mol. The summed E-state index contributed by atoms with van der Waals surface area (Å²) in [7, 11) is 0. The van der Waals surface area contributed by atoms with Crippen LogP contribution in [0.25, 0.3) is 0 Å². The lowest BCUT2D eigenvalue weighted by molar-refractivity contribution is 0.236. The third kappa shape index (κ3) is 3.75. The van der Waals surface area contributed by atoms with Crippen molar-refractivity contribution >= 4 is 0 Å². The van der Waals surface area contributed by atoms with Crippen LogP contribution in [0.3, 0.4) is 0 Å². The van der Waals surface area contributed by atoms with Crippen molar-refractivity contribution in [1.29, 1.82) is 0 Å². The van der Waals surface area contributed by atoms with E-state index in [1.165, 1.54) is 12.3 Å². The number of aliphatic hydroxyl groups is 1. The van der Waals surface area contributed by atoms with E-state index in [9.17, 15) is 4.79 Å². The van der Waals surface area contributed by atoms with Gasteiger partial charge in [-0.1, -0.05) is 19.8 Å². The average Bonchev–Trinajstić information content (AvgIpc) is 2.26. The Hall–Kier alpha value is -1.29. The molecule has 0 saturated heterocycles. The Bertz CT molecular complexity index is 343. The third-order valence-corrected chi connectivity index (χ3v) is 2.01. The molecule has 0 radical (unpaired) electrons. The number of hydrogen-bond donors (Lipinski definition) is 1. The van der Waals surface area contributed by atoms with Gasteiger partial charge in [0.25, 0.3) is 0 Å². The van der Waals surface area contributed by atoms with Gasteiger partial charge in [-0.3, -0.25) is 4.79 Å². The SMILES string of the molecule is CCCCCOc1coc(CO)cc1=O. The maximum absolute atomic E-state index is 11.4. The molecule has 0 aliphatic rings. The molecule has 0 spiro atoms. The number of aliphatic hydroxyl groups excluding tert-OH is 1. The van der Waals surface area contributed by atoms with Gasteiger partial charge in [-0.2, -0.15) is 0 Å². The smallest absolute Gasteiger partial charge is 0.227 e. The van der Waals surface area contributed by atoms with Crippen LogP contribution in [0.1, 0.15) is 31.9 Å². The molecule has 0 aliphatic carbocycles. The molecule has 0 aliphatic heterocycles. The number of hydrogen-bond acceptors (Lipinski definition) is 4. The second-order valence-electron chi connectivity index (χ2n) is 3.29. The largest absolute Gasteiger partial charge is 0.487 e. The van der Waals surface area contributed by atoms with E-state index >= 15 is 0 Å². The summed E-state index contributed by atoms with van der Waals surface area (Å²) in [5.41, 5.74) is -0.248. The van der Waals surface area contributed by atoms with Crippen molar-refractivity contribution in [3.63, 3.8) is 0 Å². The topological polar surface area (TPSA) is 59.7 Å². The van der Waals surface area contributed by atoms with Crippen molar-refractivity contribution < 1.29 is 14.3 Å². The fourth-order valence-electron chi connectivity index (χ4n) is 1.16. The lowest BCUT2D eigenvalue weighted by atomic mass is 10.3. The molecule has 4 heteroatoms. The fourth-order valence-corrected chi connectivity index (χ4v) is 1.16. The fraction of sp³-hybridized carbons (Fsp3) is 0.545. The van der Waals surface area contributed by atoms with Gasteiger partial charge in [0.1, 0.15) is 18.6 Å². The highest BCUT2D eigenvalue weighted by Gasteiger charge is 2.03. The van der Waals surface area contributed by atoms with E-state index in [0.29, 0.717) is 6.61 Å². The highest BCUT2D eigenvalue weighted by molar-refractivity contribution is 5.17. The summed E-state index contributed by atoms with van der Waals surface area (Å²) in [6, 6.07) is 1.25. The first kappa shape index (κ1) is 11.8. The van der Waals surface area contributed by atoms with Crippen molar-refractivity contribution in [1.82, 2.24) is 0 Å². The zero-order chi connectivity index (χ0) is 11.1. The van der Waals surface area contributed by atoms with Gasteiger partial charge < -0.3 is 14.3 Å². The summed E-state index contributed by atoms with van der Waals surface area (Å²) < 4.78 is 10.2. The Morgan fingerprint density at radius 1 is 1.47 bits per heavy atom. The van der Waals surface area contributed by atoms with Gasteiger partial charge in [-0.05, 0) is 6.42 Å². The van der Waals surface area contributed by atoms with E-state index in [0.717, 1.165) is 19.3 Å². The Morgan fingerprint density at radius 3 is 2.87 bits per heavy atom. The van der Waals surface area contributed by atoms with Crippen LogP contribution < -0.4 is 10.2 Å². The maximum Gasteiger partial charge on any atom is 0.227 e. The van der Waals surface area contributed by atoms with Gasteiger partial charge in [-0.15, -0.1) is 0 Å². The molecule has 1 N–H and O–H groups in total. The first-order chi connectivity index (χ1) is 7.27. The van der Waals surface area contributed by atoms with Crippen molar-refractivity contribution in [2.75, 3.05) is 6.61 Å². The number of rotatable bonds is 6. The zero-order valence-corrected chi connectivity index (χ0v) is 8.86. The molecule has 0 amide bonds. The lowest BCUT2D eigenvalue weighted by Gasteiger charge is -2.04. The van der Waals surface area contributed by atoms with Crippen LogP contribution in [-0.2, 0) is 6.61 Å². The minimum Gasteiger partial charge on any atom is -0.487 e. The van der Waals surface area contributed by atoms with Crippen molar-refractivity contribution in [2.24, 2.45) is 0 Å². The predicted octanol–water partition coefficient (Wildman–Crippen LogP) is 1.70. The Labute approximate surface area is 88.5 Å². The molecule has 0 aromatic carbocycles. The molecule has 0 saturated carbocycles. The molecule has 0 atom stereocenters. The molecule has 0 bridgehead atoms. The van der Waals surface area contributed by atoms with Crippen LogP contribution >= 0.6 is 0 Å². The van der Waals surface area contributed by atoms with Gasteiger partial charge in [0, 0.05) is 6.07 Å². The highest BCUT2D eigenvalue weighted by Crippen LogP contribution is 2.06. The van der Waals surface area contributed by atoms with Gasteiger partial charge >= 0.3 is 0 Å². The van der Waals surface area contributed by atoms with Crippen LogP contribution in [0.2, 0.25) is 0 Å². The molecular formula is C11H16O4. The number of ether oxygens (including phenoxy) is 1. The summed E-state index contributed by atoms with van der Waals surface area (Å²) in [5, 5.41) is 8.73. The molecule has 1 aromatic heterocycles. The van der Waals surface area contributed by atoms with E-state index in [1.807, 2.05) is 0 Å². The first-order valence-electron chi connectivity index (χ1n) is 5.13. The van der Waals surface area contributed by atoms with E-state index in [4.69, 9.17) is 14.3 Å². The molecule has 84 valence electrons. The zero-order valence-electron chi connectivity index (χ0n) is 8.86. The molecule has 1 rings (SSSR count). The van der Waals surface area contributed by atoms with Crippen molar-refractivity contribution in [3.8, 4) is 5.75 Å². The molecular weight excluding hydrogens is 196 g/mol. The van der Waals surface area contributed by atoms with E-state index < -0.39 is 0 Å². The maximum atomic E-state index is 11.4. The normalized spacial score (nSPS) is 10.3. The Morgan fingerprint density at radius 2 is 2.27 bits per heavy atom. The molecule has 0 fully saturated rings. The van der Waals surface area contributed by atoms with Crippen LogP contribution in [0.15, 0.2) is 21.5 Å². The van der Waals surface area contributed by atoms with Crippen LogP contribution in [0.4, 0.5) is 0 Å². The minimum atomic E-state index is -0.272.